The molecule has 0 saturated carbocycles. The lowest BCUT2D eigenvalue weighted by Crippen LogP contribution is -2.54. The maximum Gasteiger partial charge on any atom is 0.471 e. The molecule has 0 unspecified atom stereocenters. The number of carbonyl (C=O) groups is 1. The number of hydrogen-bond acceptors (Lipinski definition) is 2. The standard InChI is InChI=1S/C12H8F9NO2/c1-5-2-3-6(22-8(23)10(13,14)15)4-7(5)9(24,11(16,17)18)12(19,20)21/h2-4,24H,1H3,(H,22,23). The van der Waals surface area contributed by atoms with E-state index in [2.05, 4.69) is 0 Å². The third kappa shape index (κ3) is 3.57. The molecule has 3 nitrogen and oxygen atoms in total. The van der Waals surface area contributed by atoms with Gasteiger partial charge in [-0.15, -0.1) is 0 Å². The van der Waals surface area contributed by atoms with Crippen molar-refractivity contribution in [2.75, 3.05) is 5.32 Å². The van der Waals surface area contributed by atoms with Crippen molar-refractivity contribution in [3.05, 3.63) is 29.3 Å². The highest BCUT2D eigenvalue weighted by Crippen LogP contribution is 2.51. The van der Waals surface area contributed by atoms with Gasteiger partial charge >= 0.3 is 24.4 Å². The minimum atomic E-state index is -6.21. The first-order chi connectivity index (χ1) is 10.5. The predicted molar refractivity (Wildman–Crippen MR) is 61.9 cm³/mol. The largest absolute Gasteiger partial charge is 0.471 e. The second-order valence-corrected chi connectivity index (χ2v) is 4.69. The van der Waals surface area contributed by atoms with Crippen molar-refractivity contribution in [2.45, 2.75) is 31.1 Å². The zero-order valence-corrected chi connectivity index (χ0v) is 11.5. The number of aryl methyl sites for hydroxylation is 1. The Labute approximate surface area is 128 Å². The summed E-state index contributed by atoms with van der Waals surface area (Å²) in [5, 5.41) is 10.4. The number of halogens is 9. The van der Waals surface area contributed by atoms with Gasteiger partial charge in [0.15, 0.2) is 0 Å². The SMILES string of the molecule is Cc1ccc(NC(=O)C(F)(F)F)cc1C(O)(C(F)(F)F)C(F)(F)F. The third-order valence-electron chi connectivity index (χ3n) is 2.96. The van der Waals surface area contributed by atoms with E-state index in [1.54, 1.807) is 0 Å². The van der Waals surface area contributed by atoms with Crippen LogP contribution >= 0.6 is 0 Å². The van der Waals surface area contributed by atoms with Crippen LogP contribution in [0.2, 0.25) is 0 Å². The first-order valence-corrected chi connectivity index (χ1v) is 5.87. The zero-order valence-electron chi connectivity index (χ0n) is 11.5. The van der Waals surface area contributed by atoms with Gasteiger partial charge in [0.25, 0.3) is 5.60 Å². The Balaban J connectivity index is 3.48. The summed E-state index contributed by atoms with van der Waals surface area (Å²) in [5.41, 5.74) is -8.76. The first-order valence-electron chi connectivity index (χ1n) is 5.87. The number of nitrogens with one attached hydrogen (secondary N) is 1. The maximum absolute atomic E-state index is 12.8. The molecule has 0 fully saturated rings. The number of carbonyl (C=O) groups excluding carboxylic acids is 1. The minimum absolute atomic E-state index is 0.0139. The number of rotatable bonds is 2. The average Bonchev–Trinajstić information content (AvgIpc) is 2.36. The third-order valence-corrected chi connectivity index (χ3v) is 2.96. The van der Waals surface area contributed by atoms with Crippen molar-refractivity contribution < 1.29 is 49.4 Å². The smallest absolute Gasteiger partial charge is 0.369 e. The normalized spacial score (nSPS) is 13.8. The quantitative estimate of drug-likeness (QED) is 0.779. The van der Waals surface area contributed by atoms with Crippen LogP contribution in [-0.4, -0.2) is 29.5 Å². The van der Waals surface area contributed by atoms with E-state index in [4.69, 9.17) is 0 Å². The summed E-state index contributed by atoms with van der Waals surface area (Å²) in [6.45, 7) is 0.785. The molecule has 2 N–H and O–H groups in total. The summed E-state index contributed by atoms with van der Waals surface area (Å²) < 4.78 is 113. The molecule has 0 radical (unpaired) electrons. The molecule has 136 valence electrons. The van der Waals surface area contributed by atoms with Gasteiger partial charge in [-0.1, -0.05) is 6.07 Å². The van der Waals surface area contributed by atoms with Crippen LogP contribution in [-0.2, 0) is 10.4 Å². The van der Waals surface area contributed by atoms with Gasteiger partial charge in [-0.3, -0.25) is 4.79 Å². The molecule has 12 heteroatoms. The van der Waals surface area contributed by atoms with Crippen LogP contribution in [0.25, 0.3) is 0 Å². The lowest BCUT2D eigenvalue weighted by molar-refractivity contribution is -0.376. The number of benzene rings is 1. The summed E-state index contributed by atoms with van der Waals surface area (Å²) in [6, 6.07) is 1.25. The van der Waals surface area contributed by atoms with Crippen LogP contribution in [0.5, 0.6) is 0 Å². The zero-order chi connectivity index (χ0) is 19.1. The van der Waals surface area contributed by atoms with Gasteiger partial charge in [0.2, 0.25) is 0 Å². The molecule has 0 atom stereocenters. The summed E-state index contributed by atoms with van der Waals surface area (Å²) in [6.07, 6.45) is -17.8. The van der Waals surface area contributed by atoms with E-state index < -0.39 is 46.9 Å². The molecule has 0 aliphatic rings. The highest BCUT2D eigenvalue weighted by Gasteiger charge is 2.71. The number of aliphatic hydroxyl groups is 1. The topological polar surface area (TPSA) is 49.3 Å². The summed E-state index contributed by atoms with van der Waals surface area (Å²) in [7, 11) is 0. The van der Waals surface area contributed by atoms with Gasteiger partial charge in [0.05, 0.1) is 0 Å². The second-order valence-electron chi connectivity index (χ2n) is 4.69. The molecule has 0 aromatic heterocycles. The Morgan fingerprint density at radius 3 is 1.79 bits per heavy atom. The van der Waals surface area contributed by atoms with E-state index in [0.29, 0.717) is 12.1 Å². The van der Waals surface area contributed by atoms with Crippen molar-refractivity contribution in [1.82, 2.24) is 0 Å². The summed E-state index contributed by atoms with van der Waals surface area (Å²) in [4.78, 5) is 10.7. The Bertz CT molecular complexity index is 617. The lowest BCUT2D eigenvalue weighted by atomic mass is 9.88. The van der Waals surface area contributed by atoms with Gasteiger partial charge in [0, 0.05) is 11.3 Å². The fraction of sp³-hybridized carbons (Fsp3) is 0.417. The molecule has 1 rings (SSSR count). The monoisotopic (exact) mass is 369 g/mol. The van der Waals surface area contributed by atoms with E-state index in [1.165, 1.54) is 0 Å². The Morgan fingerprint density at radius 2 is 1.42 bits per heavy atom. The number of amides is 1. The summed E-state index contributed by atoms with van der Waals surface area (Å²) in [5.74, 6) is -2.60. The van der Waals surface area contributed by atoms with Gasteiger partial charge in [-0.25, -0.2) is 0 Å². The molecule has 1 aromatic carbocycles. The van der Waals surface area contributed by atoms with E-state index in [0.717, 1.165) is 12.2 Å². The number of hydrogen-bond donors (Lipinski definition) is 2. The molecule has 0 aliphatic carbocycles. The van der Waals surface area contributed by atoms with Crippen molar-refractivity contribution >= 4 is 11.6 Å². The Kier molecular flexibility index (Phi) is 4.87. The number of alkyl halides is 9. The average molecular weight is 369 g/mol. The van der Waals surface area contributed by atoms with Crippen LogP contribution in [0.15, 0.2) is 18.2 Å². The van der Waals surface area contributed by atoms with E-state index in [9.17, 15) is 49.4 Å². The molecule has 0 bridgehead atoms. The van der Waals surface area contributed by atoms with Crippen LogP contribution < -0.4 is 5.32 Å². The first kappa shape index (κ1) is 20.1. The molecule has 24 heavy (non-hydrogen) atoms. The molecule has 0 spiro atoms. The van der Waals surface area contributed by atoms with Gasteiger partial charge in [0.1, 0.15) is 0 Å². The number of anilines is 1. The second kappa shape index (κ2) is 5.83. The minimum Gasteiger partial charge on any atom is -0.369 e. The van der Waals surface area contributed by atoms with E-state index in [1.807, 2.05) is 0 Å². The highest BCUT2D eigenvalue weighted by atomic mass is 19.4. The van der Waals surface area contributed by atoms with Crippen molar-refractivity contribution in [3.8, 4) is 0 Å². The summed E-state index contributed by atoms with van der Waals surface area (Å²) >= 11 is 0. The Morgan fingerprint density at radius 1 is 0.958 bits per heavy atom. The molecular formula is C12H8F9NO2. The van der Waals surface area contributed by atoms with Crippen LogP contribution in [0.4, 0.5) is 45.2 Å². The Hall–Kier alpha value is -1.98. The molecule has 0 heterocycles. The van der Waals surface area contributed by atoms with Crippen molar-refractivity contribution in [3.63, 3.8) is 0 Å². The van der Waals surface area contributed by atoms with Gasteiger partial charge < -0.3 is 10.4 Å². The van der Waals surface area contributed by atoms with Crippen molar-refractivity contribution in [2.24, 2.45) is 0 Å². The highest BCUT2D eigenvalue weighted by molar-refractivity contribution is 5.95. The molecule has 0 aliphatic heterocycles. The van der Waals surface area contributed by atoms with Gasteiger partial charge in [-0.2, -0.15) is 39.5 Å². The fourth-order valence-corrected chi connectivity index (χ4v) is 1.76. The van der Waals surface area contributed by atoms with Crippen LogP contribution in [0, 0.1) is 6.92 Å². The van der Waals surface area contributed by atoms with Crippen LogP contribution in [0.1, 0.15) is 11.1 Å². The van der Waals surface area contributed by atoms with Crippen LogP contribution in [0.3, 0.4) is 0 Å². The molecule has 1 aromatic rings. The molecular weight excluding hydrogens is 361 g/mol. The van der Waals surface area contributed by atoms with Gasteiger partial charge in [-0.05, 0) is 24.6 Å². The predicted octanol–water partition coefficient (Wildman–Crippen LogP) is 3.81. The van der Waals surface area contributed by atoms with E-state index >= 15 is 0 Å². The molecule has 0 saturated heterocycles. The fourth-order valence-electron chi connectivity index (χ4n) is 1.76. The maximum atomic E-state index is 12.8. The van der Waals surface area contributed by atoms with Crippen molar-refractivity contribution in [1.29, 1.82) is 0 Å². The molecule has 1 amide bonds. The van der Waals surface area contributed by atoms with E-state index in [-0.39, 0.29) is 6.07 Å². The lowest BCUT2D eigenvalue weighted by Gasteiger charge is -2.34.